The van der Waals surface area contributed by atoms with Gasteiger partial charge in [0.15, 0.2) is 5.70 Å². The van der Waals surface area contributed by atoms with Crippen LogP contribution in [0.4, 0.5) is 0 Å². The molecule has 148 valence electrons. The van der Waals surface area contributed by atoms with Gasteiger partial charge in [-0.25, -0.2) is 14.6 Å². The maximum atomic E-state index is 12.2. The summed E-state index contributed by atoms with van der Waals surface area (Å²) in [5.74, 6) is -0.481. The third-order valence-electron chi connectivity index (χ3n) is 4.19. The molecule has 0 amide bonds. The van der Waals surface area contributed by atoms with E-state index in [1.54, 1.807) is 72.8 Å². The molecule has 0 unspecified atom stereocenters. The highest BCUT2D eigenvalue weighted by Crippen LogP contribution is 2.26. The number of carbonyl (C=O) groups excluding carboxylic acids is 2. The monoisotopic (exact) mass is 437 g/mol. The molecule has 1 aliphatic rings. The molecule has 1 aliphatic heterocycles. The fourth-order valence-corrected chi connectivity index (χ4v) is 2.99. The first-order valence-corrected chi connectivity index (χ1v) is 9.60. The number of hydrogen-bond acceptors (Lipinski definition) is 5. The molecule has 0 aromatic heterocycles. The molecule has 5 nitrogen and oxygen atoms in total. The Morgan fingerprint density at radius 3 is 2.37 bits per heavy atom. The summed E-state index contributed by atoms with van der Waals surface area (Å²) in [7, 11) is 0. The van der Waals surface area contributed by atoms with Gasteiger partial charge >= 0.3 is 11.9 Å². The number of benzene rings is 3. The van der Waals surface area contributed by atoms with Gasteiger partial charge in [-0.1, -0.05) is 53.5 Å². The second-order valence-electron chi connectivity index (χ2n) is 6.29. The number of hydrogen-bond donors (Lipinski definition) is 0. The molecule has 4 rings (SSSR count). The van der Waals surface area contributed by atoms with E-state index in [4.69, 9.17) is 32.7 Å². The largest absolute Gasteiger partial charge is 0.423 e. The Morgan fingerprint density at radius 1 is 0.933 bits per heavy atom. The molecule has 30 heavy (non-hydrogen) atoms. The van der Waals surface area contributed by atoms with Crippen LogP contribution in [0.2, 0.25) is 10.0 Å². The van der Waals surface area contributed by atoms with Crippen molar-refractivity contribution in [3.63, 3.8) is 0 Å². The van der Waals surface area contributed by atoms with Crippen LogP contribution in [-0.4, -0.2) is 17.8 Å². The van der Waals surface area contributed by atoms with Gasteiger partial charge in [0.2, 0.25) is 5.90 Å². The van der Waals surface area contributed by atoms with E-state index >= 15 is 0 Å². The average molecular weight is 438 g/mol. The number of cyclic esters (lactones) is 1. The van der Waals surface area contributed by atoms with Crippen LogP contribution in [0.15, 0.2) is 83.5 Å². The maximum absolute atomic E-state index is 12.2. The third kappa shape index (κ3) is 4.43. The summed E-state index contributed by atoms with van der Waals surface area (Å²) in [6.45, 7) is 0. The normalized spacial score (nSPS) is 14.4. The van der Waals surface area contributed by atoms with E-state index < -0.39 is 11.9 Å². The number of carbonyl (C=O) groups is 2. The van der Waals surface area contributed by atoms with Crippen LogP contribution in [-0.2, 0) is 9.53 Å². The lowest BCUT2D eigenvalue weighted by Gasteiger charge is -2.04. The Labute approximate surface area is 182 Å². The lowest BCUT2D eigenvalue weighted by molar-refractivity contribution is -0.129. The number of halogens is 2. The molecule has 0 saturated heterocycles. The Balaban J connectivity index is 1.50. The van der Waals surface area contributed by atoms with Crippen LogP contribution in [0.3, 0.4) is 0 Å². The van der Waals surface area contributed by atoms with Crippen LogP contribution in [0.5, 0.6) is 5.75 Å². The minimum absolute atomic E-state index is 0.144. The number of ether oxygens (including phenoxy) is 2. The standard InChI is InChI=1S/C23H13Cl2NO4/c24-18-11-8-16(13-19(18)25)21-26-20(23(28)30-21)12-14-6-9-17(10-7-14)29-22(27)15-4-2-1-3-5-15/h1-13H. The van der Waals surface area contributed by atoms with Crippen molar-refractivity contribution in [3.8, 4) is 5.75 Å². The minimum Gasteiger partial charge on any atom is -0.423 e. The van der Waals surface area contributed by atoms with Gasteiger partial charge in [0.1, 0.15) is 5.75 Å². The molecule has 0 atom stereocenters. The Hall–Kier alpha value is -3.41. The molecular weight excluding hydrogens is 425 g/mol. The van der Waals surface area contributed by atoms with Crippen LogP contribution in [0.1, 0.15) is 21.5 Å². The first-order chi connectivity index (χ1) is 14.5. The number of aliphatic imine (C=N–C) groups is 1. The number of esters is 2. The SMILES string of the molecule is O=C1OC(c2ccc(Cl)c(Cl)c2)=NC1=Cc1ccc(OC(=O)c2ccccc2)cc1. The van der Waals surface area contributed by atoms with Gasteiger partial charge in [-0.05, 0) is 54.1 Å². The van der Waals surface area contributed by atoms with Crippen molar-refractivity contribution in [2.45, 2.75) is 0 Å². The van der Waals surface area contributed by atoms with Crippen molar-refractivity contribution in [2.75, 3.05) is 0 Å². The summed E-state index contributed by atoms with van der Waals surface area (Å²) < 4.78 is 10.6. The van der Waals surface area contributed by atoms with Crippen LogP contribution < -0.4 is 4.74 Å². The first kappa shape index (κ1) is 19.9. The summed E-state index contributed by atoms with van der Waals surface area (Å²) in [6.07, 6.45) is 1.58. The summed E-state index contributed by atoms with van der Waals surface area (Å²) in [4.78, 5) is 28.5. The summed E-state index contributed by atoms with van der Waals surface area (Å²) in [5.41, 5.74) is 1.84. The molecule has 3 aromatic rings. The van der Waals surface area contributed by atoms with Crippen LogP contribution in [0.25, 0.3) is 6.08 Å². The van der Waals surface area contributed by atoms with Gasteiger partial charge in [0.25, 0.3) is 0 Å². The Morgan fingerprint density at radius 2 is 1.67 bits per heavy atom. The van der Waals surface area contributed by atoms with Crippen molar-refractivity contribution in [1.82, 2.24) is 0 Å². The van der Waals surface area contributed by atoms with Crippen molar-refractivity contribution in [3.05, 3.63) is 105 Å². The zero-order chi connectivity index (χ0) is 21.1. The molecule has 0 saturated carbocycles. The highest BCUT2D eigenvalue weighted by molar-refractivity contribution is 6.42. The van der Waals surface area contributed by atoms with Gasteiger partial charge in [0.05, 0.1) is 15.6 Å². The summed E-state index contributed by atoms with van der Waals surface area (Å²) in [6, 6.07) is 20.2. The fourth-order valence-electron chi connectivity index (χ4n) is 2.69. The lowest BCUT2D eigenvalue weighted by atomic mass is 10.2. The zero-order valence-corrected chi connectivity index (χ0v) is 16.9. The van der Waals surface area contributed by atoms with Crippen molar-refractivity contribution in [1.29, 1.82) is 0 Å². The van der Waals surface area contributed by atoms with Crippen molar-refractivity contribution >= 4 is 47.1 Å². The molecular formula is C23H13Cl2NO4. The quantitative estimate of drug-likeness (QED) is 0.304. The second kappa shape index (κ2) is 8.53. The predicted molar refractivity (Wildman–Crippen MR) is 115 cm³/mol. The fraction of sp³-hybridized carbons (Fsp3) is 0. The predicted octanol–water partition coefficient (Wildman–Crippen LogP) is 5.56. The van der Waals surface area contributed by atoms with Gasteiger partial charge < -0.3 is 9.47 Å². The van der Waals surface area contributed by atoms with Crippen molar-refractivity contribution < 1.29 is 19.1 Å². The highest BCUT2D eigenvalue weighted by Gasteiger charge is 2.24. The Kier molecular flexibility index (Phi) is 5.65. The summed E-state index contributed by atoms with van der Waals surface area (Å²) in [5, 5.41) is 0.736. The minimum atomic E-state index is -0.573. The van der Waals surface area contributed by atoms with Gasteiger partial charge in [0, 0.05) is 5.56 Å². The van der Waals surface area contributed by atoms with E-state index in [9.17, 15) is 9.59 Å². The van der Waals surface area contributed by atoms with Crippen molar-refractivity contribution in [2.24, 2.45) is 4.99 Å². The molecule has 0 radical (unpaired) electrons. The smallest absolute Gasteiger partial charge is 0.363 e. The molecule has 0 bridgehead atoms. The molecule has 0 fully saturated rings. The molecule has 0 spiro atoms. The van der Waals surface area contributed by atoms with Gasteiger partial charge in [-0.15, -0.1) is 0 Å². The summed E-state index contributed by atoms with van der Waals surface area (Å²) >= 11 is 11.9. The van der Waals surface area contributed by atoms with E-state index in [1.165, 1.54) is 0 Å². The average Bonchev–Trinajstić information content (AvgIpc) is 3.12. The molecule has 7 heteroatoms. The third-order valence-corrected chi connectivity index (χ3v) is 4.93. The van der Waals surface area contributed by atoms with E-state index in [2.05, 4.69) is 4.99 Å². The van der Waals surface area contributed by atoms with E-state index in [-0.39, 0.29) is 11.6 Å². The first-order valence-electron chi connectivity index (χ1n) is 8.85. The van der Waals surface area contributed by atoms with Crippen LogP contribution in [0, 0.1) is 0 Å². The topological polar surface area (TPSA) is 65.0 Å². The van der Waals surface area contributed by atoms with E-state index in [0.717, 1.165) is 0 Å². The number of rotatable bonds is 4. The Bertz CT molecular complexity index is 1190. The van der Waals surface area contributed by atoms with Crippen LogP contribution >= 0.6 is 23.2 Å². The molecule has 0 aliphatic carbocycles. The lowest BCUT2D eigenvalue weighted by Crippen LogP contribution is -2.07. The van der Waals surface area contributed by atoms with Gasteiger partial charge in [-0.3, -0.25) is 0 Å². The number of nitrogens with zero attached hydrogens (tertiary/aromatic N) is 1. The highest BCUT2D eigenvalue weighted by atomic mass is 35.5. The molecule has 0 N–H and O–H groups in total. The van der Waals surface area contributed by atoms with Gasteiger partial charge in [-0.2, -0.15) is 0 Å². The van der Waals surface area contributed by atoms with E-state index in [0.29, 0.717) is 32.5 Å². The van der Waals surface area contributed by atoms with E-state index in [1.807, 2.05) is 6.07 Å². The molecule has 1 heterocycles. The maximum Gasteiger partial charge on any atom is 0.363 e. The second-order valence-corrected chi connectivity index (χ2v) is 7.10. The molecule has 3 aromatic carbocycles. The zero-order valence-electron chi connectivity index (χ0n) is 15.3.